The number of benzene rings is 2. The molecule has 30 heavy (non-hydrogen) atoms. The summed E-state index contributed by atoms with van der Waals surface area (Å²) in [4.78, 5) is 16.6. The molecule has 154 valence electrons. The Morgan fingerprint density at radius 2 is 1.97 bits per heavy atom. The standard InChI is InChI=1S/C19H13Cl2N3O4S2/c20-15-3-1-13(10-16(15)21)28-11-18(25)24-7-5-12-9-14(2-4-17(12)24)30(26,27)23-19-22-6-8-29-19/h1-10H,11H2,(H,22,23). The fourth-order valence-corrected chi connectivity index (χ4v) is 4.85. The van der Waals surface area contributed by atoms with E-state index in [1.165, 1.54) is 40.3 Å². The molecule has 1 N–H and O–H groups in total. The Bertz CT molecular complexity index is 1340. The maximum Gasteiger partial charge on any atom is 0.268 e. The van der Waals surface area contributed by atoms with Crippen LogP contribution in [0.25, 0.3) is 10.9 Å². The molecule has 4 aromatic rings. The Morgan fingerprint density at radius 3 is 2.70 bits per heavy atom. The Labute approximate surface area is 185 Å². The Morgan fingerprint density at radius 1 is 1.13 bits per heavy atom. The van der Waals surface area contributed by atoms with Crippen molar-refractivity contribution in [2.24, 2.45) is 0 Å². The van der Waals surface area contributed by atoms with Gasteiger partial charge in [-0.2, -0.15) is 0 Å². The minimum absolute atomic E-state index is 0.0717. The van der Waals surface area contributed by atoms with Crippen molar-refractivity contribution in [1.82, 2.24) is 9.55 Å². The van der Waals surface area contributed by atoms with Crippen molar-refractivity contribution < 1.29 is 17.9 Å². The van der Waals surface area contributed by atoms with Gasteiger partial charge in [0.15, 0.2) is 11.7 Å². The number of rotatable bonds is 6. The molecule has 2 heterocycles. The van der Waals surface area contributed by atoms with Gasteiger partial charge in [0.2, 0.25) is 0 Å². The summed E-state index contributed by atoms with van der Waals surface area (Å²) in [6.07, 6.45) is 3.08. The number of aromatic nitrogens is 2. The van der Waals surface area contributed by atoms with Crippen molar-refractivity contribution >= 4 is 66.5 Å². The lowest BCUT2D eigenvalue weighted by Gasteiger charge is -2.09. The lowest BCUT2D eigenvalue weighted by Crippen LogP contribution is -2.18. The number of halogens is 2. The molecule has 4 rings (SSSR count). The van der Waals surface area contributed by atoms with E-state index in [0.717, 1.165) is 0 Å². The smallest absolute Gasteiger partial charge is 0.268 e. The molecular weight excluding hydrogens is 469 g/mol. The van der Waals surface area contributed by atoms with Crippen molar-refractivity contribution in [3.63, 3.8) is 0 Å². The number of sulfonamides is 1. The second-order valence-electron chi connectivity index (χ2n) is 6.11. The number of hydrogen-bond donors (Lipinski definition) is 1. The fourth-order valence-electron chi connectivity index (χ4n) is 2.73. The van der Waals surface area contributed by atoms with Crippen LogP contribution in [0, 0.1) is 0 Å². The summed E-state index contributed by atoms with van der Waals surface area (Å²) in [5.74, 6) is 0.0865. The van der Waals surface area contributed by atoms with Crippen LogP contribution in [-0.2, 0) is 10.0 Å². The van der Waals surface area contributed by atoms with Gasteiger partial charge in [0.1, 0.15) is 5.75 Å². The molecule has 7 nitrogen and oxygen atoms in total. The number of nitrogens with zero attached hydrogens (tertiary/aromatic N) is 2. The second kappa shape index (κ2) is 8.27. The van der Waals surface area contributed by atoms with Gasteiger partial charge in [-0.25, -0.2) is 13.4 Å². The maximum atomic E-state index is 12.6. The van der Waals surface area contributed by atoms with Crippen molar-refractivity contribution in [1.29, 1.82) is 0 Å². The molecule has 0 saturated heterocycles. The van der Waals surface area contributed by atoms with Crippen molar-refractivity contribution in [2.45, 2.75) is 4.90 Å². The summed E-state index contributed by atoms with van der Waals surface area (Å²) in [6.45, 7) is -0.229. The monoisotopic (exact) mass is 481 g/mol. The third-order valence-corrected chi connectivity index (χ3v) is 7.04. The molecule has 0 atom stereocenters. The number of anilines is 1. The second-order valence-corrected chi connectivity index (χ2v) is 9.50. The average Bonchev–Trinajstić information content (AvgIpc) is 3.37. The zero-order valence-electron chi connectivity index (χ0n) is 15.1. The highest BCUT2D eigenvalue weighted by Gasteiger charge is 2.18. The molecule has 0 spiro atoms. The molecule has 11 heteroatoms. The molecule has 0 aliphatic heterocycles. The minimum atomic E-state index is -3.78. The molecule has 2 aromatic carbocycles. The van der Waals surface area contributed by atoms with Crippen LogP contribution in [0.15, 0.2) is 65.1 Å². The summed E-state index contributed by atoms with van der Waals surface area (Å²) >= 11 is 13.0. The zero-order valence-corrected chi connectivity index (χ0v) is 18.2. The van der Waals surface area contributed by atoms with E-state index in [1.54, 1.807) is 35.8 Å². The number of carbonyl (C=O) groups excluding carboxylic acids is 1. The van der Waals surface area contributed by atoms with Crippen LogP contribution in [0.1, 0.15) is 4.79 Å². The molecule has 0 amide bonds. The first kappa shape index (κ1) is 20.7. The molecule has 0 bridgehead atoms. The van der Waals surface area contributed by atoms with E-state index in [-0.39, 0.29) is 22.5 Å². The summed E-state index contributed by atoms with van der Waals surface area (Å²) in [7, 11) is -3.78. The topological polar surface area (TPSA) is 90.3 Å². The van der Waals surface area contributed by atoms with Gasteiger partial charge in [-0.15, -0.1) is 11.3 Å². The molecule has 0 fully saturated rings. The van der Waals surface area contributed by atoms with E-state index in [0.29, 0.717) is 26.7 Å². The summed E-state index contributed by atoms with van der Waals surface area (Å²) < 4.78 is 34.4. The van der Waals surface area contributed by atoms with Crippen molar-refractivity contribution in [3.8, 4) is 5.75 Å². The number of fused-ring (bicyclic) bond motifs is 1. The van der Waals surface area contributed by atoms with Gasteiger partial charge in [0.05, 0.1) is 20.5 Å². The number of nitrogens with one attached hydrogen (secondary N) is 1. The quantitative estimate of drug-likeness (QED) is 0.421. The van der Waals surface area contributed by atoms with Crippen molar-refractivity contribution in [2.75, 3.05) is 11.3 Å². The van der Waals surface area contributed by atoms with E-state index in [2.05, 4.69) is 9.71 Å². The summed E-state index contributed by atoms with van der Waals surface area (Å²) in [6, 6.07) is 10.9. The molecule has 0 saturated carbocycles. The summed E-state index contributed by atoms with van der Waals surface area (Å²) in [5, 5.41) is 3.27. The van der Waals surface area contributed by atoms with Crippen LogP contribution < -0.4 is 9.46 Å². The fraction of sp³-hybridized carbons (Fsp3) is 0.0526. The average molecular weight is 482 g/mol. The third-order valence-electron chi connectivity index (χ3n) is 4.15. The van der Waals surface area contributed by atoms with E-state index in [1.807, 2.05) is 0 Å². The molecule has 0 aliphatic rings. The Kier molecular flexibility index (Phi) is 5.70. The predicted molar refractivity (Wildman–Crippen MR) is 117 cm³/mol. The third kappa shape index (κ3) is 4.29. The van der Waals surface area contributed by atoms with E-state index >= 15 is 0 Å². The first-order valence-corrected chi connectivity index (χ1v) is 11.6. The first-order valence-electron chi connectivity index (χ1n) is 8.48. The molecule has 0 aliphatic carbocycles. The SMILES string of the molecule is O=C(COc1ccc(Cl)c(Cl)c1)n1ccc2cc(S(=O)(=O)Nc3nccs3)ccc21. The van der Waals surface area contributed by atoms with Crippen LogP contribution >= 0.6 is 34.5 Å². The maximum absolute atomic E-state index is 12.6. The lowest BCUT2D eigenvalue weighted by molar-refractivity contribution is 0.0843. The predicted octanol–water partition coefficient (Wildman–Crippen LogP) is 4.92. The zero-order chi connectivity index (χ0) is 21.3. The van der Waals surface area contributed by atoms with Gasteiger partial charge in [0.25, 0.3) is 15.9 Å². The highest BCUT2D eigenvalue weighted by molar-refractivity contribution is 7.93. The first-order chi connectivity index (χ1) is 14.3. The normalized spacial score (nSPS) is 11.5. The molecular formula is C19H13Cl2N3O4S2. The highest BCUT2D eigenvalue weighted by atomic mass is 35.5. The van der Waals surface area contributed by atoms with Crippen LogP contribution in [0.5, 0.6) is 5.75 Å². The lowest BCUT2D eigenvalue weighted by atomic mass is 10.2. The Hall–Kier alpha value is -2.59. The number of thiazole rings is 1. The van der Waals surface area contributed by atoms with Gasteiger partial charge in [0, 0.05) is 29.2 Å². The Balaban J connectivity index is 1.53. The van der Waals surface area contributed by atoms with E-state index in [9.17, 15) is 13.2 Å². The number of hydrogen-bond acceptors (Lipinski definition) is 6. The highest BCUT2D eigenvalue weighted by Crippen LogP contribution is 2.27. The van der Waals surface area contributed by atoms with Gasteiger partial charge in [-0.3, -0.25) is 14.1 Å². The van der Waals surface area contributed by atoms with Gasteiger partial charge in [-0.1, -0.05) is 23.2 Å². The number of ether oxygens (including phenoxy) is 1. The molecule has 2 aromatic heterocycles. The van der Waals surface area contributed by atoms with E-state index < -0.39 is 10.0 Å². The van der Waals surface area contributed by atoms with Crippen LogP contribution in [-0.4, -0.2) is 30.5 Å². The molecule has 0 unspecified atom stereocenters. The van der Waals surface area contributed by atoms with Crippen LogP contribution in [0.2, 0.25) is 10.0 Å². The largest absolute Gasteiger partial charge is 0.484 e. The van der Waals surface area contributed by atoms with Crippen LogP contribution in [0.4, 0.5) is 5.13 Å². The summed E-state index contributed by atoms with van der Waals surface area (Å²) in [5.41, 5.74) is 0.561. The van der Waals surface area contributed by atoms with Crippen LogP contribution in [0.3, 0.4) is 0 Å². The van der Waals surface area contributed by atoms with Gasteiger partial charge >= 0.3 is 0 Å². The van der Waals surface area contributed by atoms with Crippen molar-refractivity contribution in [3.05, 3.63) is 70.3 Å². The van der Waals surface area contributed by atoms with Gasteiger partial charge < -0.3 is 4.74 Å². The minimum Gasteiger partial charge on any atom is -0.484 e. The molecule has 0 radical (unpaired) electrons. The van der Waals surface area contributed by atoms with E-state index in [4.69, 9.17) is 27.9 Å². The van der Waals surface area contributed by atoms with Gasteiger partial charge in [-0.05, 0) is 36.4 Å². The number of carbonyl (C=O) groups is 1.